The predicted octanol–water partition coefficient (Wildman–Crippen LogP) is 13.2. The molecule has 256 valence electrons. The van der Waals surface area contributed by atoms with E-state index in [9.17, 15) is 0 Å². The summed E-state index contributed by atoms with van der Waals surface area (Å²) < 4.78 is 2.37. The predicted molar refractivity (Wildman–Crippen MR) is 229 cm³/mol. The zero-order valence-electron chi connectivity index (χ0n) is 29.9. The number of aromatic nitrogens is 3. The first-order chi connectivity index (χ1) is 27.3. The smallest absolute Gasteiger partial charge is 0.130 e. The number of benzene rings is 9. The highest BCUT2D eigenvalue weighted by molar-refractivity contribution is 6.21. The summed E-state index contributed by atoms with van der Waals surface area (Å²) in [5.41, 5.74) is 12.0. The Morgan fingerprint density at radius 1 is 0.436 bits per heavy atom. The molecule has 0 aliphatic heterocycles. The molecule has 0 fully saturated rings. The van der Waals surface area contributed by atoms with E-state index in [2.05, 4.69) is 187 Å². The molecule has 0 bridgehead atoms. The van der Waals surface area contributed by atoms with Gasteiger partial charge in [0.1, 0.15) is 5.82 Å². The van der Waals surface area contributed by atoms with Gasteiger partial charge in [0, 0.05) is 39.7 Å². The Morgan fingerprint density at radius 3 is 1.91 bits per heavy atom. The molecule has 11 aromatic rings. The zero-order chi connectivity index (χ0) is 36.0. The van der Waals surface area contributed by atoms with Crippen LogP contribution >= 0.6 is 0 Å². The minimum absolute atomic E-state index is 0.0875. The summed E-state index contributed by atoms with van der Waals surface area (Å²) in [5.74, 6) is 0.944. The summed E-state index contributed by atoms with van der Waals surface area (Å²) in [6, 6.07) is 66.1. The van der Waals surface area contributed by atoms with Crippen molar-refractivity contribution in [3.63, 3.8) is 0 Å². The normalized spacial score (nSPS) is 13.7. The molecular formula is C52H33N3. The molecule has 1 aliphatic carbocycles. The molecule has 2 heterocycles. The molecule has 0 spiro atoms. The van der Waals surface area contributed by atoms with Gasteiger partial charge in [-0.2, -0.15) is 0 Å². The van der Waals surface area contributed by atoms with Gasteiger partial charge in [0.25, 0.3) is 0 Å². The second-order valence-corrected chi connectivity index (χ2v) is 14.8. The molecule has 9 aromatic carbocycles. The van der Waals surface area contributed by atoms with Crippen LogP contribution in [0.3, 0.4) is 0 Å². The molecule has 1 aliphatic rings. The van der Waals surface area contributed by atoms with Gasteiger partial charge in [0.15, 0.2) is 0 Å². The minimum atomic E-state index is 0.0875. The van der Waals surface area contributed by atoms with Crippen LogP contribution in [0.5, 0.6) is 0 Å². The van der Waals surface area contributed by atoms with Crippen LogP contribution in [-0.4, -0.2) is 14.5 Å². The van der Waals surface area contributed by atoms with Crippen LogP contribution in [0, 0.1) is 0 Å². The number of nitrogens with zero attached hydrogens (tertiary/aromatic N) is 3. The molecule has 12 rings (SSSR count). The van der Waals surface area contributed by atoms with E-state index in [4.69, 9.17) is 9.97 Å². The second kappa shape index (κ2) is 11.7. The Hall–Kier alpha value is -7.10. The summed E-state index contributed by atoms with van der Waals surface area (Å²) in [7, 11) is 0. The van der Waals surface area contributed by atoms with Crippen molar-refractivity contribution in [3.05, 3.63) is 199 Å². The van der Waals surface area contributed by atoms with Gasteiger partial charge in [-0.3, -0.25) is 0 Å². The van der Waals surface area contributed by atoms with Crippen molar-refractivity contribution in [2.24, 2.45) is 0 Å². The SMILES string of the molecule is c1ccc(-n2c3ccccc3c3cc(-c4nc(CC5c6ccc7ccccc7c6-c6c5c5ccccc5c5ccccc65)nc5ccccc45)ccc32)cc1. The Morgan fingerprint density at radius 2 is 1.07 bits per heavy atom. The lowest BCUT2D eigenvalue weighted by Crippen LogP contribution is -2.07. The number of para-hydroxylation sites is 3. The van der Waals surface area contributed by atoms with Gasteiger partial charge >= 0.3 is 0 Å². The summed E-state index contributed by atoms with van der Waals surface area (Å²) >= 11 is 0. The first kappa shape index (κ1) is 30.4. The number of hydrogen-bond donors (Lipinski definition) is 0. The third kappa shape index (κ3) is 4.44. The van der Waals surface area contributed by atoms with Crippen molar-refractivity contribution in [1.82, 2.24) is 14.5 Å². The maximum Gasteiger partial charge on any atom is 0.130 e. The quantitative estimate of drug-likeness (QED) is 0.171. The fourth-order valence-corrected chi connectivity index (χ4v) is 9.62. The third-order valence-electron chi connectivity index (χ3n) is 11.9. The van der Waals surface area contributed by atoms with Crippen molar-refractivity contribution in [3.8, 4) is 28.1 Å². The Balaban J connectivity index is 1.09. The summed E-state index contributed by atoms with van der Waals surface area (Å²) in [4.78, 5) is 10.8. The van der Waals surface area contributed by atoms with Gasteiger partial charge in [-0.25, -0.2) is 9.97 Å². The van der Waals surface area contributed by atoms with E-state index in [-0.39, 0.29) is 5.92 Å². The standard InChI is InChI=1S/C52H33N3/c1-2-15-34(16-3-1)55-46-25-13-11-20-38(46)43-30-33(27-29-47(43)55)52-42-23-10-12-24-45(42)53-48(54-52)31-44-41-28-26-32-14-4-5-17-35(32)49(41)51-40-22-9-7-19-37(40)36-18-6-8-21-39(36)50(44)51/h1-30,44H,31H2. The molecule has 0 saturated heterocycles. The van der Waals surface area contributed by atoms with Gasteiger partial charge in [-0.05, 0) is 91.0 Å². The van der Waals surface area contributed by atoms with Crippen LogP contribution in [0.1, 0.15) is 22.9 Å². The fourth-order valence-electron chi connectivity index (χ4n) is 9.62. The van der Waals surface area contributed by atoms with Crippen molar-refractivity contribution in [1.29, 1.82) is 0 Å². The Labute approximate surface area is 317 Å². The van der Waals surface area contributed by atoms with Gasteiger partial charge in [0.2, 0.25) is 0 Å². The van der Waals surface area contributed by atoms with Crippen LogP contribution in [-0.2, 0) is 6.42 Å². The highest BCUT2D eigenvalue weighted by Gasteiger charge is 2.34. The molecule has 1 unspecified atom stereocenters. The lowest BCUT2D eigenvalue weighted by Gasteiger charge is -2.18. The third-order valence-corrected chi connectivity index (χ3v) is 11.9. The van der Waals surface area contributed by atoms with E-state index < -0.39 is 0 Å². The average molecular weight is 700 g/mol. The van der Waals surface area contributed by atoms with Gasteiger partial charge in [-0.15, -0.1) is 0 Å². The van der Waals surface area contributed by atoms with Crippen LogP contribution in [0.25, 0.3) is 93.1 Å². The van der Waals surface area contributed by atoms with E-state index in [0.717, 1.165) is 33.7 Å². The Bertz CT molecular complexity index is 3360. The molecule has 0 radical (unpaired) electrons. The van der Waals surface area contributed by atoms with Gasteiger partial charge in [0.05, 0.1) is 22.2 Å². The van der Waals surface area contributed by atoms with Crippen molar-refractivity contribution >= 4 is 65.0 Å². The summed E-state index contributed by atoms with van der Waals surface area (Å²) in [6.45, 7) is 0. The number of fused-ring (bicyclic) bond motifs is 14. The van der Waals surface area contributed by atoms with Gasteiger partial charge in [-0.1, -0.05) is 146 Å². The zero-order valence-corrected chi connectivity index (χ0v) is 29.9. The van der Waals surface area contributed by atoms with E-state index >= 15 is 0 Å². The van der Waals surface area contributed by atoms with Crippen LogP contribution in [0.2, 0.25) is 0 Å². The maximum absolute atomic E-state index is 5.52. The lowest BCUT2D eigenvalue weighted by molar-refractivity contribution is 0.782. The highest BCUT2D eigenvalue weighted by atomic mass is 15.0. The maximum atomic E-state index is 5.52. The van der Waals surface area contributed by atoms with Crippen molar-refractivity contribution in [2.45, 2.75) is 12.3 Å². The first-order valence-electron chi connectivity index (χ1n) is 19.1. The number of hydrogen-bond acceptors (Lipinski definition) is 2. The molecular weight excluding hydrogens is 667 g/mol. The molecule has 0 N–H and O–H groups in total. The molecule has 0 amide bonds. The Kier molecular flexibility index (Phi) is 6.46. The summed E-state index contributed by atoms with van der Waals surface area (Å²) in [6.07, 6.45) is 0.689. The van der Waals surface area contributed by atoms with Crippen LogP contribution in [0.15, 0.2) is 182 Å². The van der Waals surface area contributed by atoms with Crippen LogP contribution < -0.4 is 0 Å². The van der Waals surface area contributed by atoms with E-state index in [0.29, 0.717) is 6.42 Å². The van der Waals surface area contributed by atoms with E-state index in [1.54, 1.807) is 0 Å². The minimum Gasteiger partial charge on any atom is -0.309 e. The monoisotopic (exact) mass is 699 g/mol. The average Bonchev–Trinajstić information content (AvgIpc) is 3.77. The van der Waals surface area contributed by atoms with Crippen molar-refractivity contribution in [2.75, 3.05) is 0 Å². The molecule has 3 nitrogen and oxygen atoms in total. The molecule has 3 heteroatoms. The molecule has 2 aromatic heterocycles. The van der Waals surface area contributed by atoms with Crippen LogP contribution in [0.4, 0.5) is 0 Å². The first-order valence-corrected chi connectivity index (χ1v) is 19.1. The van der Waals surface area contributed by atoms with Crippen molar-refractivity contribution < 1.29 is 0 Å². The largest absolute Gasteiger partial charge is 0.309 e. The fraction of sp³-hybridized carbons (Fsp3) is 0.0385. The molecule has 55 heavy (non-hydrogen) atoms. The molecule has 0 saturated carbocycles. The molecule has 1 atom stereocenters. The topological polar surface area (TPSA) is 30.7 Å². The highest BCUT2D eigenvalue weighted by Crippen LogP contribution is 2.54. The second-order valence-electron chi connectivity index (χ2n) is 14.8. The van der Waals surface area contributed by atoms with E-state index in [1.807, 2.05) is 0 Å². The lowest BCUT2D eigenvalue weighted by atomic mass is 9.87. The van der Waals surface area contributed by atoms with Gasteiger partial charge < -0.3 is 4.57 Å². The number of rotatable bonds is 4. The summed E-state index contributed by atoms with van der Waals surface area (Å²) in [5, 5.41) is 11.3. The van der Waals surface area contributed by atoms with E-state index in [1.165, 1.54) is 76.4 Å².